The van der Waals surface area contributed by atoms with Crippen molar-refractivity contribution in [1.29, 1.82) is 0 Å². The number of ether oxygens (including phenoxy) is 1. The molecule has 1 unspecified atom stereocenters. The second-order valence-corrected chi connectivity index (χ2v) is 6.33. The Morgan fingerprint density at radius 3 is 2.41 bits per heavy atom. The minimum Gasteiger partial charge on any atom is -0.369 e. The number of nitrogens with two attached hydrogens (primary N) is 1. The first kappa shape index (κ1) is 16.7. The van der Waals surface area contributed by atoms with Crippen LogP contribution in [0.1, 0.15) is 38.7 Å². The molecule has 1 aliphatic heterocycles. The summed E-state index contributed by atoms with van der Waals surface area (Å²) in [6.07, 6.45) is 3.06. The Bertz CT molecular complexity index is 522. The maximum atomic E-state index is 12.8. The van der Waals surface area contributed by atoms with Gasteiger partial charge in [0.05, 0.1) is 6.61 Å². The Kier molecular flexibility index (Phi) is 5.35. The summed E-state index contributed by atoms with van der Waals surface area (Å²) in [4.78, 5) is 24.7. The van der Waals surface area contributed by atoms with E-state index in [0.717, 1.165) is 18.4 Å². The van der Waals surface area contributed by atoms with Gasteiger partial charge in [0.15, 0.2) is 5.78 Å². The van der Waals surface area contributed by atoms with Crippen molar-refractivity contribution in [2.45, 2.75) is 45.1 Å². The zero-order valence-corrected chi connectivity index (χ0v) is 13.4. The zero-order valence-electron chi connectivity index (χ0n) is 13.4. The number of primary amides is 1. The van der Waals surface area contributed by atoms with E-state index in [-0.39, 0.29) is 11.7 Å². The minimum atomic E-state index is -0.723. The Labute approximate surface area is 132 Å². The molecule has 0 bridgehead atoms. The fourth-order valence-electron chi connectivity index (χ4n) is 2.89. The zero-order chi connectivity index (χ0) is 16.2. The van der Waals surface area contributed by atoms with Gasteiger partial charge in [-0.3, -0.25) is 9.59 Å². The van der Waals surface area contributed by atoms with E-state index in [1.807, 2.05) is 30.3 Å². The fourth-order valence-corrected chi connectivity index (χ4v) is 2.89. The van der Waals surface area contributed by atoms with Crippen LogP contribution in [-0.2, 0) is 20.7 Å². The van der Waals surface area contributed by atoms with Crippen molar-refractivity contribution in [2.24, 2.45) is 17.6 Å². The second-order valence-electron chi connectivity index (χ2n) is 6.33. The molecule has 0 spiro atoms. The number of epoxide rings is 1. The Balaban J connectivity index is 2.22. The summed E-state index contributed by atoms with van der Waals surface area (Å²) in [7, 11) is 0. The fraction of sp³-hybridized carbons (Fsp3) is 0.556. The van der Waals surface area contributed by atoms with Gasteiger partial charge < -0.3 is 10.5 Å². The van der Waals surface area contributed by atoms with E-state index in [1.165, 1.54) is 0 Å². The SMILES string of the molecule is CCCCC(C(N)=O)[C@H](Cc1ccccc1)C(=O)[C@@]1(C)CO1. The molecule has 0 aliphatic carbocycles. The van der Waals surface area contributed by atoms with E-state index in [2.05, 4.69) is 6.92 Å². The van der Waals surface area contributed by atoms with E-state index in [9.17, 15) is 9.59 Å². The predicted molar refractivity (Wildman–Crippen MR) is 85.2 cm³/mol. The lowest BCUT2D eigenvalue weighted by atomic mass is 9.77. The Morgan fingerprint density at radius 1 is 1.27 bits per heavy atom. The van der Waals surface area contributed by atoms with Crippen molar-refractivity contribution < 1.29 is 14.3 Å². The first-order valence-electron chi connectivity index (χ1n) is 7.99. The van der Waals surface area contributed by atoms with E-state index < -0.39 is 17.4 Å². The summed E-state index contributed by atoms with van der Waals surface area (Å²) in [6, 6.07) is 9.78. The van der Waals surface area contributed by atoms with Crippen LogP contribution in [-0.4, -0.2) is 23.9 Å². The standard InChI is InChI=1S/C18H25NO3/c1-3-4-10-14(17(19)21)15(16(20)18(2)12-22-18)11-13-8-6-5-7-9-13/h5-9,14-15H,3-4,10-12H2,1-2H3,(H2,19,21)/t14?,15-,18+/m0/s1. The highest BCUT2D eigenvalue weighted by molar-refractivity contribution is 5.95. The van der Waals surface area contributed by atoms with Gasteiger partial charge in [-0.05, 0) is 25.3 Å². The normalized spacial score (nSPS) is 22.8. The van der Waals surface area contributed by atoms with Crippen LogP contribution < -0.4 is 5.73 Å². The van der Waals surface area contributed by atoms with Crippen molar-refractivity contribution in [3.63, 3.8) is 0 Å². The van der Waals surface area contributed by atoms with Crippen molar-refractivity contribution in [3.05, 3.63) is 35.9 Å². The molecule has 3 atom stereocenters. The van der Waals surface area contributed by atoms with E-state index in [4.69, 9.17) is 10.5 Å². The second kappa shape index (κ2) is 7.05. The number of hydrogen-bond acceptors (Lipinski definition) is 3. The maximum Gasteiger partial charge on any atom is 0.221 e. The minimum absolute atomic E-state index is 0.0104. The van der Waals surface area contributed by atoms with Crippen LogP contribution in [0.25, 0.3) is 0 Å². The van der Waals surface area contributed by atoms with Crippen LogP contribution in [0.2, 0.25) is 0 Å². The van der Waals surface area contributed by atoms with Gasteiger partial charge in [-0.2, -0.15) is 0 Å². The highest BCUT2D eigenvalue weighted by atomic mass is 16.6. The number of ketones is 1. The average molecular weight is 303 g/mol. The Hall–Kier alpha value is -1.68. The van der Waals surface area contributed by atoms with E-state index in [0.29, 0.717) is 19.4 Å². The summed E-state index contributed by atoms with van der Waals surface area (Å²) in [6.45, 7) is 4.30. The summed E-state index contributed by atoms with van der Waals surface area (Å²) in [5, 5.41) is 0. The van der Waals surface area contributed by atoms with Crippen LogP contribution in [0, 0.1) is 11.8 Å². The van der Waals surface area contributed by atoms with Gasteiger partial charge in [0.2, 0.25) is 5.91 Å². The summed E-state index contributed by atoms with van der Waals surface area (Å²) < 4.78 is 5.31. The number of amides is 1. The molecule has 0 radical (unpaired) electrons. The number of benzene rings is 1. The van der Waals surface area contributed by atoms with Crippen molar-refractivity contribution in [3.8, 4) is 0 Å². The lowest BCUT2D eigenvalue weighted by molar-refractivity contribution is -0.135. The van der Waals surface area contributed by atoms with E-state index >= 15 is 0 Å². The average Bonchev–Trinajstić information content (AvgIpc) is 3.25. The van der Waals surface area contributed by atoms with Crippen LogP contribution in [0.4, 0.5) is 0 Å². The molecule has 22 heavy (non-hydrogen) atoms. The van der Waals surface area contributed by atoms with Gasteiger partial charge in [-0.1, -0.05) is 50.1 Å². The first-order chi connectivity index (χ1) is 10.5. The third kappa shape index (κ3) is 3.95. The summed E-state index contributed by atoms with van der Waals surface area (Å²) in [5.74, 6) is -1.20. The highest BCUT2D eigenvalue weighted by Crippen LogP contribution is 2.35. The van der Waals surface area contributed by atoms with Crippen molar-refractivity contribution in [1.82, 2.24) is 0 Å². The van der Waals surface area contributed by atoms with Crippen LogP contribution in [0.3, 0.4) is 0 Å². The lowest BCUT2D eigenvalue weighted by Crippen LogP contribution is -2.40. The van der Waals surface area contributed by atoms with Crippen LogP contribution >= 0.6 is 0 Å². The molecule has 1 fully saturated rings. The topological polar surface area (TPSA) is 72.7 Å². The molecule has 1 saturated heterocycles. The van der Waals surface area contributed by atoms with Gasteiger partial charge in [0.25, 0.3) is 0 Å². The van der Waals surface area contributed by atoms with E-state index in [1.54, 1.807) is 6.92 Å². The summed E-state index contributed by atoms with van der Waals surface area (Å²) >= 11 is 0. The quantitative estimate of drug-likeness (QED) is 0.712. The third-order valence-corrected chi connectivity index (χ3v) is 4.45. The molecule has 1 heterocycles. The first-order valence-corrected chi connectivity index (χ1v) is 7.99. The molecule has 4 heteroatoms. The van der Waals surface area contributed by atoms with Gasteiger partial charge in [-0.25, -0.2) is 0 Å². The number of hydrogen-bond donors (Lipinski definition) is 1. The molecule has 120 valence electrons. The predicted octanol–water partition coefficient (Wildman–Crippen LogP) is 2.50. The molecule has 1 aromatic rings. The number of Topliss-reactive ketones (excluding diaryl/α,β-unsaturated/α-hetero) is 1. The van der Waals surface area contributed by atoms with Gasteiger partial charge in [-0.15, -0.1) is 0 Å². The number of carbonyl (C=O) groups excluding carboxylic acids is 2. The number of carbonyl (C=O) groups is 2. The largest absolute Gasteiger partial charge is 0.369 e. The molecule has 2 N–H and O–H groups in total. The molecule has 0 aromatic heterocycles. The van der Waals surface area contributed by atoms with Gasteiger partial charge in [0.1, 0.15) is 5.60 Å². The van der Waals surface area contributed by atoms with Gasteiger partial charge >= 0.3 is 0 Å². The van der Waals surface area contributed by atoms with Crippen molar-refractivity contribution >= 4 is 11.7 Å². The molecule has 1 amide bonds. The summed E-state index contributed by atoms with van der Waals surface area (Å²) in [5.41, 5.74) is 5.93. The van der Waals surface area contributed by atoms with Crippen LogP contribution in [0.15, 0.2) is 30.3 Å². The molecular formula is C18H25NO3. The molecule has 4 nitrogen and oxygen atoms in total. The highest BCUT2D eigenvalue weighted by Gasteiger charge is 2.51. The van der Waals surface area contributed by atoms with Gasteiger partial charge in [0, 0.05) is 11.8 Å². The number of unbranched alkanes of at least 4 members (excludes halogenated alkanes) is 1. The van der Waals surface area contributed by atoms with Crippen molar-refractivity contribution in [2.75, 3.05) is 6.61 Å². The molecule has 2 rings (SSSR count). The monoisotopic (exact) mass is 303 g/mol. The number of rotatable bonds is 9. The maximum absolute atomic E-state index is 12.8. The third-order valence-electron chi connectivity index (χ3n) is 4.45. The molecule has 1 aliphatic rings. The Morgan fingerprint density at radius 2 is 1.91 bits per heavy atom. The molecule has 1 aromatic carbocycles. The molecule has 0 saturated carbocycles. The smallest absolute Gasteiger partial charge is 0.221 e. The van der Waals surface area contributed by atoms with Crippen LogP contribution in [0.5, 0.6) is 0 Å². The molecular weight excluding hydrogens is 278 g/mol. The lowest BCUT2D eigenvalue weighted by Gasteiger charge is -2.25.